The molecule has 2 heterocycles. The molecule has 1 amide bonds. The third-order valence-electron chi connectivity index (χ3n) is 4.85. The van der Waals surface area contributed by atoms with E-state index in [2.05, 4.69) is 0 Å². The second kappa shape index (κ2) is 8.04. The van der Waals surface area contributed by atoms with E-state index in [4.69, 9.17) is 39.2 Å². The van der Waals surface area contributed by atoms with E-state index in [1.807, 2.05) is 0 Å². The van der Waals surface area contributed by atoms with Crippen molar-refractivity contribution < 1.29 is 23.5 Å². The van der Waals surface area contributed by atoms with Crippen LogP contribution in [0.15, 0.2) is 58.5 Å². The van der Waals surface area contributed by atoms with Crippen LogP contribution in [0.3, 0.4) is 0 Å². The van der Waals surface area contributed by atoms with Crippen molar-refractivity contribution in [1.82, 2.24) is 0 Å². The zero-order valence-electron chi connectivity index (χ0n) is 15.8. The van der Waals surface area contributed by atoms with Crippen LogP contribution in [0.4, 0.5) is 10.1 Å². The van der Waals surface area contributed by atoms with Crippen molar-refractivity contribution >= 4 is 57.9 Å². The van der Waals surface area contributed by atoms with Gasteiger partial charge in [0.1, 0.15) is 29.1 Å². The number of carbonyl (C=O) groups is 2. The van der Waals surface area contributed by atoms with E-state index in [-0.39, 0.29) is 37.7 Å². The van der Waals surface area contributed by atoms with Gasteiger partial charge in [0, 0.05) is 11.3 Å². The SMILES string of the molecule is Cc1ccc(C2/C(=C(/O)c3ccc(Cl)c(Cl)c3)C(=O)C(=O)N2c2ccc(F)c(Cl)c2)o1. The second-order valence-corrected chi connectivity index (χ2v) is 8.07. The number of furan rings is 1. The lowest BCUT2D eigenvalue weighted by atomic mass is 9.99. The van der Waals surface area contributed by atoms with Gasteiger partial charge in [-0.1, -0.05) is 34.8 Å². The summed E-state index contributed by atoms with van der Waals surface area (Å²) >= 11 is 17.9. The maximum absolute atomic E-state index is 13.7. The topological polar surface area (TPSA) is 70.8 Å². The van der Waals surface area contributed by atoms with Crippen molar-refractivity contribution in [1.29, 1.82) is 0 Å². The Morgan fingerprint density at radius 2 is 1.74 bits per heavy atom. The van der Waals surface area contributed by atoms with Crippen molar-refractivity contribution in [2.45, 2.75) is 13.0 Å². The molecule has 1 aliphatic heterocycles. The van der Waals surface area contributed by atoms with Crippen molar-refractivity contribution in [3.8, 4) is 0 Å². The molecule has 158 valence electrons. The van der Waals surface area contributed by atoms with Crippen LogP contribution >= 0.6 is 34.8 Å². The summed E-state index contributed by atoms with van der Waals surface area (Å²) in [6.45, 7) is 1.70. The standard InChI is InChI=1S/C22H13Cl3FNO4/c1-10-2-7-17(31-10)19-18(20(28)11-3-5-13(23)14(24)8-11)21(29)22(30)27(19)12-4-6-16(26)15(25)9-12/h2-9,19,28H,1H3/b20-18-. The van der Waals surface area contributed by atoms with Gasteiger partial charge < -0.3 is 9.52 Å². The Hall–Kier alpha value is -2.80. The molecular formula is C22H13Cl3FNO4. The van der Waals surface area contributed by atoms with Gasteiger partial charge in [-0.25, -0.2) is 4.39 Å². The van der Waals surface area contributed by atoms with Crippen LogP contribution in [0.2, 0.25) is 15.1 Å². The number of halogens is 4. The van der Waals surface area contributed by atoms with Gasteiger partial charge in [0.05, 0.1) is 20.6 Å². The molecule has 0 bridgehead atoms. The normalized spacial score (nSPS) is 18.1. The number of aliphatic hydroxyl groups is 1. The van der Waals surface area contributed by atoms with Gasteiger partial charge in [0.25, 0.3) is 11.7 Å². The number of Topliss-reactive ketones (excluding diaryl/α,β-unsaturated/α-hetero) is 1. The molecule has 2 aromatic carbocycles. The minimum absolute atomic E-state index is 0.163. The summed E-state index contributed by atoms with van der Waals surface area (Å²) in [6, 6.07) is 10.1. The van der Waals surface area contributed by atoms with Crippen molar-refractivity contribution in [3.63, 3.8) is 0 Å². The molecule has 1 saturated heterocycles. The Kier molecular flexibility index (Phi) is 5.56. The Morgan fingerprint density at radius 3 is 2.35 bits per heavy atom. The fourth-order valence-corrected chi connectivity index (χ4v) is 3.88. The number of nitrogens with zero attached hydrogens (tertiary/aromatic N) is 1. The smallest absolute Gasteiger partial charge is 0.300 e. The average molecular weight is 481 g/mol. The molecule has 1 N–H and O–H groups in total. The molecule has 0 saturated carbocycles. The fourth-order valence-electron chi connectivity index (χ4n) is 3.40. The van der Waals surface area contributed by atoms with Crippen LogP contribution < -0.4 is 4.90 Å². The molecule has 1 atom stereocenters. The Labute approximate surface area is 191 Å². The van der Waals surface area contributed by atoms with Gasteiger partial charge in [-0.05, 0) is 55.5 Å². The predicted molar refractivity (Wildman–Crippen MR) is 116 cm³/mol. The van der Waals surface area contributed by atoms with Crippen LogP contribution in [0, 0.1) is 12.7 Å². The van der Waals surface area contributed by atoms with E-state index in [1.54, 1.807) is 19.1 Å². The van der Waals surface area contributed by atoms with E-state index < -0.39 is 29.3 Å². The average Bonchev–Trinajstić information content (AvgIpc) is 3.27. The summed E-state index contributed by atoms with van der Waals surface area (Å²) in [5.41, 5.74) is 0.150. The zero-order chi connectivity index (χ0) is 22.4. The fraction of sp³-hybridized carbons (Fsp3) is 0.0909. The first-order valence-corrected chi connectivity index (χ1v) is 10.1. The molecule has 1 fully saturated rings. The van der Waals surface area contributed by atoms with E-state index in [1.165, 1.54) is 30.3 Å². The lowest BCUT2D eigenvalue weighted by Crippen LogP contribution is -2.29. The summed E-state index contributed by atoms with van der Waals surface area (Å²) in [5.74, 6) is -2.23. The van der Waals surface area contributed by atoms with E-state index in [0.29, 0.717) is 5.76 Å². The van der Waals surface area contributed by atoms with Crippen LogP contribution in [0.25, 0.3) is 5.76 Å². The number of aliphatic hydroxyl groups excluding tert-OH is 1. The summed E-state index contributed by atoms with van der Waals surface area (Å²) in [6.07, 6.45) is 0. The molecular weight excluding hydrogens is 468 g/mol. The number of hydrogen-bond acceptors (Lipinski definition) is 4. The van der Waals surface area contributed by atoms with Gasteiger partial charge in [0.2, 0.25) is 0 Å². The molecule has 1 aliphatic rings. The molecule has 1 unspecified atom stereocenters. The first-order chi connectivity index (χ1) is 14.7. The summed E-state index contributed by atoms with van der Waals surface area (Å²) < 4.78 is 19.4. The highest BCUT2D eigenvalue weighted by atomic mass is 35.5. The number of hydrogen-bond donors (Lipinski definition) is 1. The zero-order valence-corrected chi connectivity index (χ0v) is 18.1. The minimum atomic E-state index is -1.11. The molecule has 0 aliphatic carbocycles. The highest BCUT2D eigenvalue weighted by Gasteiger charge is 2.48. The van der Waals surface area contributed by atoms with Gasteiger partial charge in [-0.3, -0.25) is 14.5 Å². The van der Waals surface area contributed by atoms with Gasteiger partial charge in [0.15, 0.2) is 0 Å². The predicted octanol–water partition coefficient (Wildman–Crippen LogP) is 6.31. The van der Waals surface area contributed by atoms with Gasteiger partial charge >= 0.3 is 0 Å². The third kappa shape index (κ3) is 3.71. The van der Waals surface area contributed by atoms with E-state index in [0.717, 1.165) is 11.0 Å². The Balaban J connectivity index is 1.95. The van der Waals surface area contributed by atoms with Crippen molar-refractivity contribution in [2.24, 2.45) is 0 Å². The van der Waals surface area contributed by atoms with Crippen LogP contribution in [0.5, 0.6) is 0 Å². The first kappa shape index (κ1) is 21.4. The van der Waals surface area contributed by atoms with Crippen molar-refractivity contribution in [3.05, 3.63) is 92.1 Å². The van der Waals surface area contributed by atoms with Crippen LogP contribution in [-0.4, -0.2) is 16.8 Å². The first-order valence-electron chi connectivity index (χ1n) is 8.97. The lowest BCUT2D eigenvalue weighted by molar-refractivity contribution is -0.132. The van der Waals surface area contributed by atoms with Crippen LogP contribution in [-0.2, 0) is 9.59 Å². The van der Waals surface area contributed by atoms with Crippen LogP contribution in [0.1, 0.15) is 23.1 Å². The van der Waals surface area contributed by atoms with E-state index in [9.17, 15) is 19.1 Å². The number of ketones is 1. The number of aryl methyl sites for hydroxylation is 1. The summed E-state index contributed by atoms with van der Waals surface area (Å²) in [5, 5.41) is 11.2. The minimum Gasteiger partial charge on any atom is -0.507 e. The summed E-state index contributed by atoms with van der Waals surface area (Å²) in [7, 11) is 0. The molecule has 0 radical (unpaired) electrons. The number of benzene rings is 2. The van der Waals surface area contributed by atoms with Gasteiger partial charge in [-0.2, -0.15) is 0 Å². The molecule has 9 heteroatoms. The lowest BCUT2D eigenvalue weighted by Gasteiger charge is -2.23. The number of amides is 1. The Bertz CT molecular complexity index is 1270. The third-order valence-corrected chi connectivity index (χ3v) is 5.88. The van der Waals surface area contributed by atoms with E-state index >= 15 is 0 Å². The second-order valence-electron chi connectivity index (χ2n) is 6.84. The molecule has 1 aromatic heterocycles. The number of rotatable bonds is 3. The number of carbonyl (C=O) groups excluding carboxylic acids is 2. The molecule has 31 heavy (non-hydrogen) atoms. The largest absolute Gasteiger partial charge is 0.507 e. The maximum atomic E-state index is 13.7. The maximum Gasteiger partial charge on any atom is 0.300 e. The highest BCUT2D eigenvalue weighted by molar-refractivity contribution is 6.52. The quantitative estimate of drug-likeness (QED) is 0.271. The molecule has 3 aromatic rings. The van der Waals surface area contributed by atoms with Crippen molar-refractivity contribution in [2.75, 3.05) is 4.90 Å². The monoisotopic (exact) mass is 479 g/mol. The molecule has 4 rings (SSSR count). The van der Waals surface area contributed by atoms with Gasteiger partial charge in [-0.15, -0.1) is 0 Å². The number of anilines is 1. The Morgan fingerprint density at radius 1 is 1.00 bits per heavy atom. The highest BCUT2D eigenvalue weighted by Crippen LogP contribution is 2.43. The molecule has 0 spiro atoms. The molecule has 5 nitrogen and oxygen atoms in total. The summed E-state index contributed by atoms with van der Waals surface area (Å²) in [4.78, 5) is 27.1.